The minimum atomic E-state index is -2.41. The molecule has 1 rings (SSSR count). The third-order valence-corrected chi connectivity index (χ3v) is 1.59. The molecule has 0 radical (unpaired) electrons. The standard InChI is InChI=1S/C6H11F2N.C3H8/c1-5-4-6(7,8)2-3-9-5;1-3-2/h5,9H,2-4H2,1H3;3H2,1-2H3. The van der Waals surface area contributed by atoms with Crippen LogP contribution in [0, 0.1) is 0 Å². The lowest BCUT2D eigenvalue weighted by Crippen LogP contribution is -2.41. The first-order chi connectivity index (χ1) is 5.52. The number of rotatable bonds is 0. The number of nitrogens with one attached hydrogen (secondary N) is 1. The van der Waals surface area contributed by atoms with Crippen LogP contribution < -0.4 is 5.32 Å². The van der Waals surface area contributed by atoms with Gasteiger partial charge >= 0.3 is 0 Å². The molecule has 12 heavy (non-hydrogen) atoms. The van der Waals surface area contributed by atoms with Gasteiger partial charge < -0.3 is 5.32 Å². The fourth-order valence-electron chi connectivity index (χ4n) is 1.12. The molecule has 0 bridgehead atoms. The van der Waals surface area contributed by atoms with Gasteiger partial charge in [-0.15, -0.1) is 0 Å². The number of hydrogen-bond donors (Lipinski definition) is 1. The van der Waals surface area contributed by atoms with Crippen LogP contribution >= 0.6 is 0 Å². The Morgan fingerprint density at radius 1 is 1.42 bits per heavy atom. The van der Waals surface area contributed by atoms with Crippen molar-refractivity contribution in [3.63, 3.8) is 0 Å². The molecule has 0 aromatic heterocycles. The van der Waals surface area contributed by atoms with E-state index in [1.165, 1.54) is 6.42 Å². The Morgan fingerprint density at radius 2 is 1.92 bits per heavy atom. The topological polar surface area (TPSA) is 12.0 Å². The highest BCUT2D eigenvalue weighted by Crippen LogP contribution is 2.26. The molecule has 1 heterocycles. The van der Waals surface area contributed by atoms with Gasteiger partial charge in [0.15, 0.2) is 0 Å². The first-order valence-electron chi connectivity index (χ1n) is 4.63. The summed E-state index contributed by atoms with van der Waals surface area (Å²) in [7, 11) is 0. The molecule has 1 unspecified atom stereocenters. The van der Waals surface area contributed by atoms with Crippen LogP contribution in [0.15, 0.2) is 0 Å². The van der Waals surface area contributed by atoms with Gasteiger partial charge in [0.2, 0.25) is 0 Å². The molecule has 0 saturated carbocycles. The van der Waals surface area contributed by atoms with Crippen molar-refractivity contribution in [3.8, 4) is 0 Å². The lowest BCUT2D eigenvalue weighted by atomic mass is 10.0. The Kier molecular flexibility index (Phi) is 5.38. The second-order valence-electron chi connectivity index (χ2n) is 3.37. The Morgan fingerprint density at radius 3 is 2.17 bits per heavy atom. The molecule has 0 aromatic rings. The van der Waals surface area contributed by atoms with Gasteiger partial charge in [-0.2, -0.15) is 0 Å². The Balaban J connectivity index is 0.000000354. The Hall–Kier alpha value is -0.180. The van der Waals surface area contributed by atoms with Gasteiger partial charge in [0.05, 0.1) is 0 Å². The number of hydrogen-bond acceptors (Lipinski definition) is 1. The molecule has 0 amide bonds. The van der Waals surface area contributed by atoms with Crippen molar-refractivity contribution in [2.45, 2.75) is 52.0 Å². The summed E-state index contributed by atoms with van der Waals surface area (Å²) in [6, 6.07) is -0.0197. The van der Waals surface area contributed by atoms with Crippen LogP contribution in [0.25, 0.3) is 0 Å². The van der Waals surface area contributed by atoms with Crippen molar-refractivity contribution in [3.05, 3.63) is 0 Å². The van der Waals surface area contributed by atoms with Crippen LogP contribution in [-0.4, -0.2) is 18.5 Å². The predicted molar refractivity (Wildman–Crippen MR) is 47.6 cm³/mol. The molecule has 1 fully saturated rings. The first kappa shape index (κ1) is 11.8. The summed E-state index contributed by atoms with van der Waals surface area (Å²) < 4.78 is 24.8. The normalized spacial score (nSPS) is 27.2. The lowest BCUT2D eigenvalue weighted by molar-refractivity contribution is -0.0387. The minimum absolute atomic E-state index is 0.00264. The first-order valence-corrected chi connectivity index (χ1v) is 4.63. The Bertz CT molecular complexity index is 115. The molecule has 1 aliphatic heterocycles. The molecule has 0 aliphatic carbocycles. The number of alkyl halides is 2. The van der Waals surface area contributed by atoms with E-state index in [9.17, 15) is 8.78 Å². The van der Waals surface area contributed by atoms with Gasteiger partial charge in [0.1, 0.15) is 0 Å². The van der Waals surface area contributed by atoms with Crippen molar-refractivity contribution in [2.75, 3.05) is 6.54 Å². The summed E-state index contributed by atoms with van der Waals surface area (Å²) in [5.41, 5.74) is 0. The van der Waals surface area contributed by atoms with E-state index in [-0.39, 0.29) is 18.9 Å². The number of halogens is 2. The minimum Gasteiger partial charge on any atom is -0.314 e. The van der Waals surface area contributed by atoms with Gasteiger partial charge in [-0.05, 0) is 6.92 Å². The molecule has 1 N–H and O–H groups in total. The molecule has 1 saturated heterocycles. The highest BCUT2D eigenvalue weighted by atomic mass is 19.3. The molecule has 1 aliphatic rings. The maximum atomic E-state index is 12.4. The quantitative estimate of drug-likeness (QED) is 0.603. The van der Waals surface area contributed by atoms with Crippen LogP contribution in [-0.2, 0) is 0 Å². The molecular formula is C9H19F2N. The van der Waals surface area contributed by atoms with E-state index in [1.54, 1.807) is 6.92 Å². The van der Waals surface area contributed by atoms with Gasteiger partial charge in [-0.25, -0.2) is 8.78 Å². The summed E-state index contributed by atoms with van der Waals surface area (Å²) in [6.07, 6.45) is 1.24. The van der Waals surface area contributed by atoms with Crippen LogP contribution in [0.3, 0.4) is 0 Å². The van der Waals surface area contributed by atoms with Crippen molar-refractivity contribution in [2.24, 2.45) is 0 Å². The van der Waals surface area contributed by atoms with Crippen molar-refractivity contribution in [1.82, 2.24) is 5.32 Å². The summed E-state index contributed by atoms with van der Waals surface area (Å²) in [6.45, 7) is 6.49. The average molecular weight is 179 g/mol. The molecule has 1 atom stereocenters. The van der Waals surface area contributed by atoms with E-state index < -0.39 is 5.92 Å². The monoisotopic (exact) mass is 179 g/mol. The van der Waals surface area contributed by atoms with E-state index in [1.807, 2.05) is 0 Å². The maximum absolute atomic E-state index is 12.4. The van der Waals surface area contributed by atoms with Crippen molar-refractivity contribution < 1.29 is 8.78 Å². The molecule has 3 heteroatoms. The second-order valence-corrected chi connectivity index (χ2v) is 3.37. The van der Waals surface area contributed by atoms with Crippen molar-refractivity contribution >= 4 is 0 Å². The SMILES string of the molecule is CC1CC(F)(F)CCN1.CCC. The van der Waals surface area contributed by atoms with Gasteiger partial charge in [0, 0.05) is 25.4 Å². The molecular weight excluding hydrogens is 160 g/mol. The zero-order chi connectivity index (χ0) is 9.61. The summed E-state index contributed by atoms with van der Waals surface area (Å²) in [4.78, 5) is 0. The predicted octanol–water partition coefficient (Wildman–Crippen LogP) is 2.81. The summed E-state index contributed by atoms with van der Waals surface area (Å²) in [5.74, 6) is -2.41. The summed E-state index contributed by atoms with van der Waals surface area (Å²) >= 11 is 0. The summed E-state index contributed by atoms with van der Waals surface area (Å²) in [5, 5.41) is 2.96. The van der Waals surface area contributed by atoms with Gasteiger partial charge in [-0.3, -0.25) is 0 Å². The van der Waals surface area contributed by atoms with E-state index in [0.717, 1.165) is 0 Å². The number of piperidine rings is 1. The smallest absolute Gasteiger partial charge is 0.250 e. The van der Waals surface area contributed by atoms with Crippen LogP contribution in [0.1, 0.15) is 40.0 Å². The van der Waals surface area contributed by atoms with Gasteiger partial charge in [0.25, 0.3) is 5.92 Å². The fraction of sp³-hybridized carbons (Fsp3) is 1.00. The molecule has 1 nitrogen and oxygen atoms in total. The third kappa shape index (κ3) is 5.47. The lowest BCUT2D eigenvalue weighted by Gasteiger charge is -2.27. The zero-order valence-electron chi connectivity index (χ0n) is 8.16. The third-order valence-electron chi connectivity index (χ3n) is 1.59. The fourth-order valence-corrected chi connectivity index (χ4v) is 1.12. The molecule has 0 aromatic carbocycles. The van der Waals surface area contributed by atoms with Crippen LogP contribution in [0.2, 0.25) is 0 Å². The van der Waals surface area contributed by atoms with Crippen LogP contribution in [0.4, 0.5) is 8.78 Å². The van der Waals surface area contributed by atoms with E-state index in [4.69, 9.17) is 0 Å². The van der Waals surface area contributed by atoms with E-state index in [0.29, 0.717) is 6.54 Å². The molecule has 74 valence electrons. The van der Waals surface area contributed by atoms with E-state index >= 15 is 0 Å². The second kappa shape index (κ2) is 5.46. The molecule has 0 spiro atoms. The van der Waals surface area contributed by atoms with Crippen LogP contribution in [0.5, 0.6) is 0 Å². The average Bonchev–Trinajstić information content (AvgIpc) is 1.85. The Labute approximate surface area is 73.5 Å². The largest absolute Gasteiger partial charge is 0.314 e. The zero-order valence-corrected chi connectivity index (χ0v) is 8.16. The van der Waals surface area contributed by atoms with E-state index in [2.05, 4.69) is 19.2 Å². The van der Waals surface area contributed by atoms with Crippen molar-refractivity contribution in [1.29, 1.82) is 0 Å². The highest BCUT2D eigenvalue weighted by Gasteiger charge is 2.33. The highest BCUT2D eigenvalue weighted by molar-refractivity contribution is 4.79. The van der Waals surface area contributed by atoms with Gasteiger partial charge in [-0.1, -0.05) is 20.3 Å². The maximum Gasteiger partial charge on any atom is 0.250 e.